The molecule has 1 amide bonds. The second-order valence-electron chi connectivity index (χ2n) is 13.1. The van der Waals surface area contributed by atoms with Gasteiger partial charge < -0.3 is 20.1 Å². The maximum atomic E-state index is 16.7. The lowest BCUT2D eigenvalue weighted by atomic mass is 9.94. The van der Waals surface area contributed by atoms with E-state index in [-0.39, 0.29) is 46.5 Å². The smallest absolute Gasteiger partial charge is 0.298 e. The van der Waals surface area contributed by atoms with Crippen molar-refractivity contribution in [2.75, 3.05) is 6.61 Å². The summed E-state index contributed by atoms with van der Waals surface area (Å²) in [6.07, 6.45) is 8.16. The second kappa shape index (κ2) is 13.9. The zero-order valence-electron chi connectivity index (χ0n) is 26.5. The quantitative estimate of drug-likeness (QED) is 0.200. The number of fused-ring (bicyclic) bond motifs is 3. The number of unbranched alkanes of at least 4 members (excludes halogenated alkanes) is 1. The molecule has 1 saturated carbocycles. The van der Waals surface area contributed by atoms with E-state index in [1.54, 1.807) is 18.2 Å². The van der Waals surface area contributed by atoms with Gasteiger partial charge >= 0.3 is 0 Å². The zero-order valence-corrected chi connectivity index (χ0v) is 28.0. The van der Waals surface area contributed by atoms with Crippen molar-refractivity contribution in [3.05, 3.63) is 65.2 Å². The minimum absolute atomic E-state index is 0.0428. The number of piperidine rings is 1. The molecule has 254 valence electrons. The Morgan fingerprint density at radius 3 is 2.40 bits per heavy atom. The highest BCUT2D eigenvalue weighted by Gasteiger charge is 2.54. The van der Waals surface area contributed by atoms with Gasteiger partial charge in [0, 0.05) is 23.7 Å². The number of carbonyl (C=O) groups excluding carboxylic acids is 1. The first kappa shape index (κ1) is 33.9. The molecule has 12 heteroatoms. The van der Waals surface area contributed by atoms with Crippen molar-refractivity contribution >= 4 is 38.3 Å². The highest BCUT2D eigenvalue weighted by atomic mass is 35.5. The number of hydrogen-bond acceptors (Lipinski definition) is 6. The molecule has 2 saturated heterocycles. The SMILES string of the molecule is CCCCOc1cc(C(F)(F)[C@@H](NS(=O)(=O)c2ccc3cc(OC4CCCC4)ccc3c2)C(=O)N2C3CCC2CC(N)C3)ccc1Cl. The Kier molecular flexibility index (Phi) is 9.99. The molecule has 3 N–H and O–H groups in total. The molecule has 3 atom stereocenters. The lowest BCUT2D eigenvalue weighted by molar-refractivity contribution is -0.149. The monoisotopic (exact) mass is 689 g/mol. The van der Waals surface area contributed by atoms with E-state index in [2.05, 4.69) is 4.72 Å². The van der Waals surface area contributed by atoms with E-state index in [1.165, 1.54) is 23.1 Å². The number of ether oxygens (including phenoxy) is 2. The van der Waals surface area contributed by atoms with Gasteiger partial charge in [-0.3, -0.25) is 4.79 Å². The van der Waals surface area contributed by atoms with Crippen molar-refractivity contribution in [3.63, 3.8) is 0 Å². The van der Waals surface area contributed by atoms with E-state index in [0.29, 0.717) is 43.2 Å². The highest BCUT2D eigenvalue weighted by molar-refractivity contribution is 7.89. The normalized spacial score (nSPS) is 22.5. The number of nitrogens with two attached hydrogens (primary N) is 1. The van der Waals surface area contributed by atoms with Gasteiger partial charge in [-0.15, -0.1) is 0 Å². The number of amides is 1. The minimum Gasteiger partial charge on any atom is -0.492 e. The van der Waals surface area contributed by atoms with Crippen molar-refractivity contribution in [2.45, 2.75) is 112 Å². The average Bonchev–Trinajstić information content (AvgIpc) is 3.65. The molecule has 3 aromatic carbocycles. The molecule has 0 aromatic heterocycles. The van der Waals surface area contributed by atoms with Gasteiger partial charge in [0.1, 0.15) is 11.5 Å². The zero-order chi connectivity index (χ0) is 33.3. The number of rotatable bonds is 12. The fraction of sp³-hybridized carbons (Fsp3) is 0.514. The van der Waals surface area contributed by atoms with Gasteiger partial charge in [-0.25, -0.2) is 8.42 Å². The maximum absolute atomic E-state index is 16.7. The fourth-order valence-electron chi connectivity index (χ4n) is 7.19. The molecule has 1 aliphatic carbocycles. The third-order valence-electron chi connectivity index (χ3n) is 9.68. The van der Waals surface area contributed by atoms with Gasteiger partial charge in [0.25, 0.3) is 5.92 Å². The number of halogens is 3. The van der Waals surface area contributed by atoms with Gasteiger partial charge in [-0.05, 0) is 105 Å². The molecule has 3 aliphatic rings. The maximum Gasteiger partial charge on any atom is 0.298 e. The first-order chi connectivity index (χ1) is 22.5. The van der Waals surface area contributed by atoms with E-state index >= 15 is 8.78 Å². The van der Waals surface area contributed by atoms with Gasteiger partial charge in [0.05, 0.1) is 22.6 Å². The number of alkyl halides is 2. The van der Waals surface area contributed by atoms with E-state index in [0.717, 1.165) is 49.6 Å². The minimum atomic E-state index is -4.61. The van der Waals surface area contributed by atoms with E-state index in [1.807, 2.05) is 13.0 Å². The van der Waals surface area contributed by atoms with Crippen molar-refractivity contribution in [2.24, 2.45) is 5.73 Å². The van der Waals surface area contributed by atoms with E-state index < -0.39 is 33.5 Å². The number of carbonyl (C=O) groups is 1. The Morgan fingerprint density at radius 1 is 1.02 bits per heavy atom. The largest absolute Gasteiger partial charge is 0.492 e. The Balaban J connectivity index is 1.32. The molecule has 6 rings (SSSR count). The number of hydrogen-bond donors (Lipinski definition) is 2. The van der Waals surface area contributed by atoms with Gasteiger partial charge in [-0.1, -0.05) is 43.1 Å². The summed E-state index contributed by atoms with van der Waals surface area (Å²) >= 11 is 6.26. The molecular formula is C35H42ClF2N3O5S. The molecule has 2 heterocycles. The standard InChI is InChI=1S/C35H42ClF2N3O5S/c1-2-3-16-45-32-19-24(10-15-31(32)36)35(37,38)33(34(42)41-26-11-12-27(41)21-25(39)20-26)40-47(43,44)30-14-9-22-17-29(13-8-23(22)18-30)46-28-6-4-5-7-28/h8-10,13-15,17-19,25-28,33,40H,2-7,11-12,16,20-21,39H2,1H3/t25?,26?,27?,33-/m0/s1. The Labute approximate surface area is 280 Å². The summed E-state index contributed by atoms with van der Waals surface area (Å²) in [7, 11) is -4.61. The first-order valence-electron chi connectivity index (χ1n) is 16.6. The molecule has 3 aromatic rings. The van der Waals surface area contributed by atoms with Gasteiger partial charge in [-0.2, -0.15) is 13.5 Å². The molecule has 47 heavy (non-hydrogen) atoms. The molecular weight excluding hydrogens is 648 g/mol. The second-order valence-corrected chi connectivity index (χ2v) is 15.2. The van der Waals surface area contributed by atoms with E-state index in [4.69, 9.17) is 26.8 Å². The summed E-state index contributed by atoms with van der Waals surface area (Å²) in [6, 6.07) is 10.00. The third kappa shape index (κ3) is 7.23. The Bertz CT molecular complexity index is 1700. The van der Waals surface area contributed by atoms with Crippen LogP contribution in [0, 0.1) is 0 Å². The fourth-order valence-corrected chi connectivity index (χ4v) is 8.58. The summed E-state index contributed by atoms with van der Waals surface area (Å²) in [5.74, 6) is -4.20. The highest BCUT2D eigenvalue weighted by Crippen LogP contribution is 2.41. The topological polar surface area (TPSA) is 111 Å². The van der Waals surface area contributed by atoms with Crippen molar-refractivity contribution < 1.29 is 31.5 Å². The lowest BCUT2D eigenvalue weighted by Gasteiger charge is -2.41. The molecule has 3 fully saturated rings. The molecule has 2 aliphatic heterocycles. The van der Waals surface area contributed by atoms with Crippen LogP contribution in [0.25, 0.3) is 10.8 Å². The number of benzene rings is 3. The molecule has 8 nitrogen and oxygen atoms in total. The van der Waals surface area contributed by atoms with Crippen molar-refractivity contribution in [1.82, 2.24) is 9.62 Å². The van der Waals surface area contributed by atoms with Crippen LogP contribution in [0.4, 0.5) is 8.78 Å². The average molecular weight is 690 g/mol. The van der Waals surface area contributed by atoms with Crippen LogP contribution >= 0.6 is 11.6 Å². The van der Waals surface area contributed by atoms with Crippen LogP contribution in [-0.4, -0.2) is 56.1 Å². The Hall–Kier alpha value is -2.99. The Morgan fingerprint density at radius 2 is 1.70 bits per heavy atom. The summed E-state index contributed by atoms with van der Waals surface area (Å²) in [4.78, 5) is 15.4. The number of nitrogens with zero attached hydrogens (tertiary/aromatic N) is 1. The summed E-state index contributed by atoms with van der Waals surface area (Å²) in [5, 5.41) is 1.48. The van der Waals surface area contributed by atoms with Gasteiger partial charge in [0.15, 0.2) is 6.04 Å². The predicted octanol–water partition coefficient (Wildman–Crippen LogP) is 6.91. The molecule has 0 radical (unpaired) electrons. The van der Waals surface area contributed by atoms with Crippen LogP contribution in [0.15, 0.2) is 59.5 Å². The van der Waals surface area contributed by atoms with Crippen LogP contribution in [0.2, 0.25) is 5.02 Å². The van der Waals surface area contributed by atoms with E-state index in [9.17, 15) is 13.2 Å². The molecule has 0 spiro atoms. The summed E-state index contributed by atoms with van der Waals surface area (Å²) in [5.41, 5.74) is 5.61. The number of nitrogens with one attached hydrogen (secondary N) is 1. The summed E-state index contributed by atoms with van der Waals surface area (Å²) in [6.45, 7) is 2.24. The molecule has 2 bridgehead atoms. The first-order valence-corrected chi connectivity index (χ1v) is 18.4. The van der Waals surface area contributed by atoms with Crippen LogP contribution in [0.5, 0.6) is 11.5 Å². The van der Waals surface area contributed by atoms with Crippen LogP contribution in [-0.2, 0) is 20.7 Å². The van der Waals surface area contributed by atoms with Crippen molar-refractivity contribution in [1.29, 1.82) is 0 Å². The third-order valence-corrected chi connectivity index (χ3v) is 11.4. The predicted molar refractivity (Wildman–Crippen MR) is 178 cm³/mol. The number of sulfonamides is 1. The molecule has 2 unspecified atom stereocenters. The van der Waals surface area contributed by atoms with Crippen LogP contribution < -0.4 is 19.9 Å². The summed E-state index contributed by atoms with van der Waals surface area (Å²) < 4.78 is 75.0. The lowest BCUT2D eigenvalue weighted by Crippen LogP contribution is -2.60. The van der Waals surface area contributed by atoms with Crippen molar-refractivity contribution in [3.8, 4) is 11.5 Å². The van der Waals surface area contributed by atoms with Crippen LogP contribution in [0.3, 0.4) is 0 Å². The van der Waals surface area contributed by atoms with Gasteiger partial charge in [0.2, 0.25) is 15.9 Å². The van der Waals surface area contributed by atoms with Crippen LogP contribution in [0.1, 0.15) is 76.7 Å².